The van der Waals surface area contributed by atoms with Crippen molar-refractivity contribution in [1.82, 2.24) is 4.90 Å². The van der Waals surface area contributed by atoms with Crippen molar-refractivity contribution in [3.63, 3.8) is 0 Å². The fourth-order valence-corrected chi connectivity index (χ4v) is 2.26. The summed E-state index contributed by atoms with van der Waals surface area (Å²) >= 11 is 0. The molecule has 0 radical (unpaired) electrons. The first kappa shape index (κ1) is 16.8. The quantitative estimate of drug-likeness (QED) is 0.491. The summed E-state index contributed by atoms with van der Waals surface area (Å²) in [6, 6.07) is 0. The lowest BCUT2D eigenvalue weighted by Crippen LogP contribution is -2.47. The fraction of sp³-hybridized carbons (Fsp3) is 0.857. The topological polar surface area (TPSA) is 71.4 Å². The Kier molecular flexibility index (Phi) is 5.39. The molecule has 0 aliphatic carbocycles. The first-order chi connectivity index (χ1) is 9.22. The van der Waals surface area contributed by atoms with Crippen LogP contribution < -0.4 is 0 Å². The summed E-state index contributed by atoms with van der Waals surface area (Å²) < 4.78 is 10.4. The predicted octanol–water partition coefficient (Wildman–Crippen LogP) is 2.50. The van der Waals surface area contributed by atoms with Gasteiger partial charge in [-0.2, -0.15) is 0 Å². The minimum atomic E-state index is -0.481. The summed E-state index contributed by atoms with van der Waals surface area (Å²) in [5, 5.41) is 12.5. The molecule has 6 nitrogen and oxygen atoms in total. The number of oxime groups is 1. The number of piperidine rings is 1. The van der Waals surface area contributed by atoms with Gasteiger partial charge >= 0.3 is 6.09 Å². The molecule has 6 heteroatoms. The third kappa shape index (κ3) is 4.37. The Labute approximate surface area is 120 Å². The summed E-state index contributed by atoms with van der Waals surface area (Å²) in [6.07, 6.45) is 1.18. The van der Waals surface area contributed by atoms with Gasteiger partial charge in [-0.25, -0.2) is 4.79 Å². The molecule has 1 aliphatic heterocycles. The molecule has 1 saturated heterocycles. The number of nitrogens with zero attached hydrogens (tertiary/aromatic N) is 2. The highest BCUT2D eigenvalue weighted by Crippen LogP contribution is 2.33. The van der Waals surface area contributed by atoms with Crippen molar-refractivity contribution in [3.8, 4) is 0 Å². The van der Waals surface area contributed by atoms with Gasteiger partial charge in [0.1, 0.15) is 5.60 Å². The van der Waals surface area contributed by atoms with Crippen LogP contribution in [0.15, 0.2) is 5.16 Å². The maximum absolute atomic E-state index is 12.0. The molecule has 0 bridgehead atoms. The number of likely N-dealkylation sites (tertiary alicyclic amines) is 1. The molecular weight excluding hydrogens is 260 g/mol. The van der Waals surface area contributed by atoms with Gasteiger partial charge in [-0.05, 0) is 33.6 Å². The minimum Gasteiger partial charge on any atom is -0.444 e. The molecular formula is C14H26N2O4. The van der Waals surface area contributed by atoms with E-state index >= 15 is 0 Å². The molecule has 0 aromatic heterocycles. The van der Waals surface area contributed by atoms with Gasteiger partial charge in [-0.1, -0.05) is 12.1 Å². The molecule has 0 unspecified atom stereocenters. The van der Waals surface area contributed by atoms with Crippen LogP contribution in [0, 0.1) is 5.41 Å². The van der Waals surface area contributed by atoms with E-state index in [4.69, 9.17) is 14.7 Å². The van der Waals surface area contributed by atoms with Gasteiger partial charge in [-0.15, -0.1) is 0 Å². The third-order valence-electron chi connectivity index (χ3n) is 3.62. The second kappa shape index (κ2) is 6.43. The zero-order valence-corrected chi connectivity index (χ0v) is 13.1. The Hall–Kier alpha value is -1.30. The molecule has 1 rings (SSSR count). The van der Waals surface area contributed by atoms with Gasteiger partial charge in [0.05, 0.1) is 12.3 Å². The summed E-state index contributed by atoms with van der Waals surface area (Å²) in [7, 11) is 1.57. The summed E-state index contributed by atoms with van der Waals surface area (Å²) in [6.45, 7) is 9.09. The zero-order valence-electron chi connectivity index (χ0n) is 13.1. The van der Waals surface area contributed by atoms with Crippen LogP contribution in [0.2, 0.25) is 0 Å². The van der Waals surface area contributed by atoms with Crippen molar-refractivity contribution < 1.29 is 19.5 Å². The highest BCUT2D eigenvalue weighted by Gasteiger charge is 2.37. The largest absolute Gasteiger partial charge is 0.444 e. The standard InChI is InChI=1S/C14H26N2O4/c1-13(2,3)20-12(17)16-8-6-14(4,7-9-16)11(15-18)10-19-5/h18H,6-10H2,1-5H3/b15-11+. The Morgan fingerprint density at radius 3 is 2.30 bits per heavy atom. The normalized spacial score (nSPS) is 19.9. The van der Waals surface area contributed by atoms with Crippen molar-refractivity contribution >= 4 is 11.8 Å². The number of hydrogen-bond acceptors (Lipinski definition) is 5. The van der Waals surface area contributed by atoms with Crippen LogP contribution in [0.3, 0.4) is 0 Å². The smallest absolute Gasteiger partial charge is 0.410 e. The molecule has 20 heavy (non-hydrogen) atoms. The SMILES string of the molecule is COC/C(=N\O)C1(C)CCN(C(=O)OC(C)(C)C)CC1. The van der Waals surface area contributed by atoms with E-state index in [-0.39, 0.29) is 11.5 Å². The average molecular weight is 286 g/mol. The molecule has 0 saturated carbocycles. The average Bonchev–Trinajstić information content (AvgIpc) is 2.34. The second-order valence-electron chi connectivity index (χ2n) is 6.51. The van der Waals surface area contributed by atoms with Gasteiger partial charge in [-0.3, -0.25) is 0 Å². The Morgan fingerprint density at radius 1 is 1.35 bits per heavy atom. The van der Waals surface area contributed by atoms with E-state index in [0.717, 1.165) is 12.8 Å². The Bertz CT molecular complexity index is 366. The minimum absolute atomic E-state index is 0.233. The lowest BCUT2D eigenvalue weighted by Gasteiger charge is -2.39. The highest BCUT2D eigenvalue weighted by molar-refractivity contribution is 5.90. The monoisotopic (exact) mass is 286 g/mol. The van der Waals surface area contributed by atoms with Crippen molar-refractivity contribution in [2.75, 3.05) is 26.8 Å². The van der Waals surface area contributed by atoms with Crippen LogP contribution in [0.1, 0.15) is 40.5 Å². The maximum atomic E-state index is 12.0. The van der Waals surface area contributed by atoms with Crippen molar-refractivity contribution in [2.45, 2.75) is 46.1 Å². The van der Waals surface area contributed by atoms with E-state index in [9.17, 15) is 4.79 Å². The van der Waals surface area contributed by atoms with E-state index in [2.05, 4.69) is 5.16 Å². The predicted molar refractivity (Wildman–Crippen MR) is 76.2 cm³/mol. The van der Waals surface area contributed by atoms with E-state index in [1.807, 2.05) is 27.7 Å². The van der Waals surface area contributed by atoms with Crippen molar-refractivity contribution in [2.24, 2.45) is 10.6 Å². The highest BCUT2D eigenvalue weighted by atomic mass is 16.6. The van der Waals surface area contributed by atoms with Crippen LogP contribution in [-0.2, 0) is 9.47 Å². The molecule has 1 fully saturated rings. The molecule has 1 aliphatic rings. The van der Waals surface area contributed by atoms with Gasteiger partial charge in [0.25, 0.3) is 0 Å². The van der Waals surface area contributed by atoms with Crippen LogP contribution in [0.4, 0.5) is 4.79 Å². The van der Waals surface area contributed by atoms with Gasteiger partial charge in [0.2, 0.25) is 0 Å². The number of ether oxygens (including phenoxy) is 2. The molecule has 1 N–H and O–H groups in total. The van der Waals surface area contributed by atoms with Crippen LogP contribution >= 0.6 is 0 Å². The van der Waals surface area contributed by atoms with E-state index in [0.29, 0.717) is 25.4 Å². The van der Waals surface area contributed by atoms with Crippen LogP contribution in [0.25, 0.3) is 0 Å². The maximum Gasteiger partial charge on any atom is 0.410 e. The summed E-state index contributed by atoms with van der Waals surface area (Å²) in [5.41, 5.74) is -0.0849. The van der Waals surface area contributed by atoms with Gasteiger partial charge in [0, 0.05) is 25.6 Å². The number of amides is 1. The Morgan fingerprint density at radius 2 is 1.90 bits per heavy atom. The van der Waals surface area contributed by atoms with Crippen LogP contribution in [-0.4, -0.2) is 54.3 Å². The summed E-state index contributed by atoms with van der Waals surface area (Å²) in [4.78, 5) is 13.7. The molecule has 1 amide bonds. The first-order valence-electron chi connectivity index (χ1n) is 6.90. The zero-order chi connectivity index (χ0) is 15.4. The van der Waals surface area contributed by atoms with Crippen molar-refractivity contribution in [1.29, 1.82) is 0 Å². The van der Waals surface area contributed by atoms with Crippen molar-refractivity contribution in [3.05, 3.63) is 0 Å². The molecule has 116 valence electrons. The van der Waals surface area contributed by atoms with Crippen LogP contribution in [0.5, 0.6) is 0 Å². The summed E-state index contributed by atoms with van der Waals surface area (Å²) in [5.74, 6) is 0. The molecule has 0 atom stereocenters. The lowest BCUT2D eigenvalue weighted by molar-refractivity contribution is 0.0161. The van der Waals surface area contributed by atoms with E-state index < -0.39 is 5.60 Å². The second-order valence-corrected chi connectivity index (χ2v) is 6.51. The lowest BCUT2D eigenvalue weighted by atomic mass is 9.76. The molecule has 1 heterocycles. The van der Waals surface area contributed by atoms with E-state index in [1.165, 1.54) is 0 Å². The number of rotatable bonds is 3. The third-order valence-corrected chi connectivity index (χ3v) is 3.62. The first-order valence-corrected chi connectivity index (χ1v) is 6.90. The number of carbonyl (C=O) groups excluding carboxylic acids is 1. The molecule has 0 aromatic carbocycles. The van der Waals surface area contributed by atoms with E-state index in [1.54, 1.807) is 12.0 Å². The number of carbonyl (C=O) groups is 1. The molecule has 0 aromatic rings. The number of hydrogen-bond donors (Lipinski definition) is 1. The van der Waals surface area contributed by atoms with Gasteiger partial charge in [0.15, 0.2) is 0 Å². The van der Waals surface area contributed by atoms with Gasteiger partial charge < -0.3 is 19.6 Å². The Balaban J connectivity index is 2.61. The molecule has 0 spiro atoms. The fourth-order valence-electron chi connectivity index (χ4n) is 2.26. The number of methoxy groups -OCH3 is 1.